The lowest BCUT2D eigenvalue weighted by Crippen LogP contribution is -2.65. The molecule has 6 nitrogen and oxygen atoms in total. The van der Waals surface area contributed by atoms with Gasteiger partial charge in [0.05, 0.1) is 36.9 Å². The fourth-order valence-corrected chi connectivity index (χ4v) is 4.06. The Balaban J connectivity index is 2.17. The van der Waals surface area contributed by atoms with E-state index in [4.69, 9.17) is 14.2 Å². The second kappa shape index (κ2) is 7.52. The summed E-state index contributed by atoms with van der Waals surface area (Å²) in [6.07, 6.45) is 0.00866. The van der Waals surface area contributed by atoms with E-state index in [0.717, 1.165) is 5.69 Å². The molecule has 1 unspecified atom stereocenters. The zero-order valence-electron chi connectivity index (χ0n) is 14.7. The third-order valence-electron chi connectivity index (χ3n) is 4.88. The number of anilines is 1. The van der Waals surface area contributed by atoms with E-state index < -0.39 is 29.2 Å². The van der Waals surface area contributed by atoms with E-state index >= 15 is 0 Å². The van der Waals surface area contributed by atoms with E-state index in [2.05, 4.69) is 15.9 Å². The van der Waals surface area contributed by atoms with Crippen LogP contribution in [0.25, 0.3) is 0 Å². The van der Waals surface area contributed by atoms with Crippen molar-refractivity contribution in [2.45, 2.75) is 26.3 Å². The van der Waals surface area contributed by atoms with Gasteiger partial charge in [-0.25, -0.2) is 4.39 Å². The fourth-order valence-electron chi connectivity index (χ4n) is 3.72. The molecule has 0 spiro atoms. The van der Waals surface area contributed by atoms with E-state index in [1.54, 1.807) is 19.9 Å². The molecule has 26 heavy (non-hydrogen) atoms. The second-order valence-electron chi connectivity index (χ2n) is 6.27. The van der Waals surface area contributed by atoms with Crippen molar-refractivity contribution in [1.29, 1.82) is 0 Å². The van der Waals surface area contributed by atoms with Crippen LogP contribution in [0.15, 0.2) is 16.6 Å². The molecule has 8 heteroatoms. The Morgan fingerprint density at radius 2 is 1.96 bits per heavy atom. The van der Waals surface area contributed by atoms with Crippen LogP contribution < -0.4 is 4.90 Å². The van der Waals surface area contributed by atoms with Crippen LogP contribution in [-0.4, -0.2) is 51.0 Å². The predicted molar refractivity (Wildman–Crippen MR) is 95.5 cm³/mol. The molecule has 3 rings (SSSR count). The third-order valence-corrected chi connectivity index (χ3v) is 5.48. The molecule has 0 N–H and O–H groups in total. The molecular weight excluding hydrogens is 409 g/mol. The number of esters is 2. The lowest BCUT2D eigenvalue weighted by Gasteiger charge is -2.50. The molecular formula is C18H21BrFNO5. The first-order valence-electron chi connectivity index (χ1n) is 8.62. The summed E-state index contributed by atoms with van der Waals surface area (Å²) in [6.45, 7) is 4.75. The standard InChI is InChI=1S/C18H21BrFNO5/c1-3-25-16(22)18(17(23)26-4-2)9-11-7-13(20)12(19)8-14(11)21-5-6-24-10-15(18)21/h7-8,15H,3-6,9-10H2,1-2H3. The first-order chi connectivity index (χ1) is 12.5. The van der Waals surface area contributed by atoms with Crippen LogP contribution in [0.1, 0.15) is 19.4 Å². The van der Waals surface area contributed by atoms with Gasteiger partial charge in [-0.15, -0.1) is 0 Å². The quantitative estimate of drug-likeness (QED) is 0.540. The van der Waals surface area contributed by atoms with Gasteiger partial charge in [-0.3, -0.25) is 9.59 Å². The zero-order chi connectivity index (χ0) is 18.9. The van der Waals surface area contributed by atoms with Crippen LogP contribution in [-0.2, 0) is 30.2 Å². The normalized spacial score (nSPS) is 20.8. The Morgan fingerprint density at radius 3 is 2.58 bits per heavy atom. The van der Waals surface area contributed by atoms with Crippen molar-refractivity contribution in [2.24, 2.45) is 5.41 Å². The molecule has 1 fully saturated rings. The van der Waals surface area contributed by atoms with Crippen LogP contribution in [0.4, 0.5) is 10.1 Å². The van der Waals surface area contributed by atoms with Gasteiger partial charge >= 0.3 is 11.9 Å². The molecule has 0 saturated carbocycles. The summed E-state index contributed by atoms with van der Waals surface area (Å²) in [5, 5.41) is 0. The highest BCUT2D eigenvalue weighted by atomic mass is 79.9. The number of nitrogens with zero attached hydrogens (tertiary/aromatic N) is 1. The van der Waals surface area contributed by atoms with E-state index in [9.17, 15) is 14.0 Å². The maximum Gasteiger partial charge on any atom is 0.326 e. The lowest BCUT2D eigenvalue weighted by molar-refractivity contribution is -0.176. The van der Waals surface area contributed by atoms with Gasteiger partial charge < -0.3 is 19.1 Å². The van der Waals surface area contributed by atoms with Crippen molar-refractivity contribution in [3.63, 3.8) is 0 Å². The number of carbonyl (C=O) groups is 2. The molecule has 0 bridgehead atoms. The zero-order valence-corrected chi connectivity index (χ0v) is 16.3. The Bertz CT molecular complexity index is 708. The van der Waals surface area contributed by atoms with Gasteiger partial charge in [0, 0.05) is 18.7 Å². The fraction of sp³-hybridized carbons (Fsp3) is 0.556. The minimum absolute atomic E-state index is 0.00866. The summed E-state index contributed by atoms with van der Waals surface area (Å²) in [6, 6.07) is 2.47. The number of hydrogen-bond donors (Lipinski definition) is 0. The van der Waals surface area contributed by atoms with Crippen molar-refractivity contribution < 1.29 is 28.2 Å². The molecule has 1 aromatic rings. The van der Waals surface area contributed by atoms with Crippen LogP contribution in [0, 0.1) is 11.2 Å². The smallest absolute Gasteiger partial charge is 0.326 e. The number of ether oxygens (including phenoxy) is 3. The number of carbonyl (C=O) groups excluding carboxylic acids is 2. The average molecular weight is 430 g/mol. The highest BCUT2D eigenvalue weighted by Crippen LogP contribution is 2.45. The minimum Gasteiger partial charge on any atom is -0.465 e. The highest BCUT2D eigenvalue weighted by Gasteiger charge is 2.60. The van der Waals surface area contributed by atoms with Gasteiger partial charge in [-0.2, -0.15) is 0 Å². The van der Waals surface area contributed by atoms with Gasteiger partial charge in [0.1, 0.15) is 5.82 Å². The van der Waals surface area contributed by atoms with Crippen molar-refractivity contribution in [2.75, 3.05) is 37.9 Å². The Labute approximate surface area is 159 Å². The average Bonchev–Trinajstić information content (AvgIpc) is 2.62. The number of hydrogen-bond acceptors (Lipinski definition) is 6. The number of morpholine rings is 1. The number of benzene rings is 1. The van der Waals surface area contributed by atoms with Gasteiger partial charge in [-0.1, -0.05) is 0 Å². The van der Waals surface area contributed by atoms with E-state index in [-0.39, 0.29) is 26.2 Å². The van der Waals surface area contributed by atoms with Gasteiger partial charge in [0.2, 0.25) is 0 Å². The molecule has 1 atom stereocenters. The van der Waals surface area contributed by atoms with Crippen LogP contribution in [0.5, 0.6) is 0 Å². The van der Waals surface area contributed by atoms with Crippen LogP contribution in [0.2, 0.25) is 0 Å². The van der Waals surface area contributed by atoms with Crippen molar-refractivity contribution in [1.82, 2.24) is 0 Å². The lowest BCUT2D eigenvalue weighted by atomic mass is 9.70. The van der Waals surface area contributed by atoms with Gasteiger partial charge in [0.25, 0.3) is 0 Å². The molecule has 2 heterocycles. The largest absolute Gasteiger partial charge is 0.465 e. The molecule has 1 aromatic carbocycles. The number of rotatable bonds is 4. The van der Waals surface area contributed by atoms with Gasteiger partial charge in [-0.05, 0) is 47.5 Å². The predicted octanol–water partition coefficient (Wildman–Crippen LogP) is 2.46. The molecule has 0 radical (unpaired) electrons. The summed E-state index contributed by atoms with van der Waals surface area (Å²) in [5.74, 6) is -1.77. The minimum atomic E-state index is -1.58. The van der Waals surface area contributed by atoms with Gasteiger partial charge in [0.15, 0.2) is 5.41 Å². The first-order valence-corrected chi connectivity index (χ1v) is 9.41. The molecule has 2 aliphatic heterocycles. The third kappa shape index (κ3) is 2.99. The molecule has 0 aromatic heterocycles. The SMILES string of the molecule is CCOC(=O)C1(C(=O)OCC)Cc2cc(F)c(Br)cc2N2CCOCC21. The molecule has 1 saturated heterocycles. The maximum absolute atomic E-state index is 14.2. The maximum atomic E-state index is 14.2. The highest BCUT2D eigenvalue weighted by molar-refractivity contribution is 9.10. The van der Waals surface area contributed by atoms with Crippen LogP contribution >= 0.6 is 15.9 Å². The van der Waals surface area contributed by atoms with E-state index in [1.807, 2.05) is 4.90 Å². The first kappa shape index (κ1) is 19.1. The summed E-state index contributed by atoms with van der Waals surface area (Å²) < 4.78 is 30.6. The molecule has 0 amide bonds. The topological polar surface area (TPSA) is 65.1 Å². The Kier molecular flexibility index (Phi) is 5.53. The van der Waals surface area contributed by atoms with Crippen molar-refractivity contribution in [3.8, 4) is 0 Å². The Hall–Kier alpha value is -1.67. The monoisotopic (exact) mass is 429 g/mol. The van der Waals surface area contributed by atoms with Crippen molar-refractivity contribution in [3.05, 3.63) is 28.0 Å². The summed E-state index contributed by atoms with van der Waals surface area (Å²) in [4.78, 5) is 27.8. The Morgan fingerprint density at radius 1 is 1.31 bits per heavy atom. The van der Waals surface area contributed by atoms with E-state index in [0.29, 0.717) is 23.2 Å². The van der Waals surface area contributed by atoms with Crippen LogP contribution in [0.3, 0.4) is 0 Å². The number of halogens is 2. The van der Waals surface area contributed by atoms with E-state index in [1.165, 1.54) is 6.07 Å². The second-order valence-corrected chi connectivity index (χ2v) is 7.12. The van der Waals surface area contributed by atoms with Crippen molar-refractivity contribution >= 4 is 33.6 Å². The summed E-state index contributed by atoms with van der Waals surface area (Å²) >= 11 is 3.21. The number of fused-ring (bicyclic) bond motifs is 3. The summed E-state index contributed by atoms with van der Waals surface area (Å²) in [5.41, 5.74) is -0.222. The molecule has 2 aliphatic rings. The molecule has 0 aliphatic carbocycles. The molecule has 142 valence electrons. The summed E-state index contributed by atoms with van der Waals surface area (Å²) in [7, 11) is 0.